The average molecular weight is 496 g/mol. The van der Waals surface area contributed by atoms with Crippen molar-refractivity contribution in [2.45, 2.75) is 32.0 Å². The number of amides is 2. The molecule has 4 rings (SSSR count). The first-order valence-electron chi connectivity index (χ1n) is 10.6. The van der Waals surface area contributed by atoms with Crippen LogP contribution in [0.2, 0.25) is 0 Å². The minimum Gasteiger partial charge on any atom is -0.481 e. The molecule has 1 aliphatic heterocycles. The van der Waals surface area contributed by atoms with E-state index in [1.54, 1.807) is 6.20 Å². The summed E-state index contributed by atoms with van der Waals surface area (Å²) in [7, 11) is 1.17. The van der Waals surface area contributed by atoms with Crippen LogP contribution in [0.5, 0.6) is 5.88 Å². The van der Waals surface area contributed by atoms with Crippen LogP contribution in [0.1, 0.15) is 24.1 Å². The van der Waals surface area contributed by atoms with Crippen LogP contribution in [0.15, 0.2) is 42.6 Å². The van der Waals surface area contributed by atoms with Crippen molar-refractivity contribution >= 4 is 40.7 Å². The SMILES string of the molecule is COc1nc(N2CCC(NC(=O)Nc3cccc4c(C)nccc34)CC2)ccc1C(F)(F)F.Cl. The van der Waals surface area contributed by atoms with E-state index in [1.807, 2.05) is 36.1 Å². The number of carbonyl (C=O) groups is 1. The zero-order valence-electron chi connectivity index (χ0n) is 18.6. The number of benzene rings is 1. The normalized spacial score (nSPS) is 14.4. The molecule has 0 saturated carbocycles. The number of alkyl halides is 3. The van der Waals surface area contributed by atoms with Crippen LogP contribution in [0, 0.1) is 6.92 Å². The maximum atomic E-state index is 13.1. The number of nitrogens with one attached hydrogen (secondary N) is 2. The molecule has 0 atom stereocenters. The molecule has 1 fully saturated rings. The van der Waals surface area contributed by atoms with Gasteiger partial charge >= 0.3 is 12.2 Å². The molecule has 0 radical (unpaired) electrons. The maximum Gasteiger partial charge on any atom is 0.421 e. The lowest BCUT2D eigenvalue weighted by Gasteiger charge is -2.33. The highest BCUT2D eigenvalue weighted by atomic mass is 35.5. The van der Waals surface area contributed by atoms with Crippen molar-refractivity contribution < 1.29 is 22.7 Å². The maximum absolute atomic E-state index is 13.1. The topological polar surface area (TPSA) is 79.4 Å². The van der Waals surface area contributed by atoms with Gasteiger partial charge in [0, 0.05) is 41.8 Å². The van der Waals surface area contributed by atoms with Crippen molar-refractivity contribution in [3.8, 4) is 5.88 Å². The molecular formula is C23H25ClF3N5O2. The minimum atomic E-state index is -4.53. The van der Waals surface area contributed by atoms with Crippen LogP contribution in [-0.4, -0.2) is 42.2 Å². The molecule has 0 bridgehead atoms. The summed E-state index contributed by atoms with van der Waals surface area (Å²) in [5.41, 5.74) is 0.688. The minimum absolute atomic E-state index is 0. The third kappa shape index (κ3) is 5.44. The number of fused-ring (bicyclic) bond motifs is 1. The number of hydrogen-bond acceptors (Lipinski definition) is 5. The van der Waals surface area contributed by atoms with Gasteiger partial charge < -0.3 is 20.3 Å². The number of piperidine rings is 1. The fourth-order valence-electron chi connectivity index (χ4n) is 4.04. The Labute approximate surface area is 201 Å². The smallest absolute Gasteiger partial charge is 0.421 e. The highest BCUT2D eigenvalue weighted by molar-refractivity contribution is 6.02. The molecule has 0 spiro atoms. The number of aryl methyl sites for hydroxylation is 1. The average Bonchev–Trinajstić information content (AvgIpc) is 2.79. The first-order valence-corrected chi connectivity index (χ1v) is 10.6. The molecule has 3 heterocycles. The van der Waals surface area contributed by atoms with E-state index in [2.05, 4.69) is 20.6 Å². The van der Waals surface area contributed by atoms with Crippen molar-refractivity contribution in [3.63, 3.8) is 0 Å². The molecular weight excluding hydrogens is 471 g/mol. The van der Waals surface area contributed by atoms with E-state index < -0.39 is 17.6 Å². The zero-order valence-corrected chi connectivity index (χ0v) is 19.5. The quantitative estimate of drug-likeness (QED) is 0.521. The molecule has 2 N–H and O–H groups in total. The fourth-order valence-corrected chi connectivity index (χ4v) is 4.04. The number of nitrogens with zero attached hydrogens (tertiary/aromatic N) is 3. The van der Waals surface area contributed by atoms with E-state index in [4.69, 9.17) is 4.74 Å². The first kappa shape index (κ1) is 25.4. The van der Waals surface area contributed by atoms with Crippen LogP contribution in [-0.2, 0) is 6.18 Å². The molecule has 34 heavy (non-hydrogen) atoms. The third-order valence-corrected chi connectivity index (χ3v) is 5.75. The molecule has 182 valence electrons. The highest BCUT2D eigenvalue weighted by Crippen LogP contribution is 2.36. The van der Waals surface area contributed by atoms with Crippen molar-refractivity contribution in [2.75, 3.05) is 30.4 Å². The number of carbonyl (C=O) groups excluding carboxylic acids is 1. The van der Waals surface area contributed by atoms with Gasteiger partial charge in [-0.15, -0.1) is 12.4 Å². The van der Waals surface area contributed by atoms with Gasteiger partial charge in [0.2, 0.25) is 5.88 Å². The number of rotatable bonds is 4. The Morgan fingerprint density at radius 1 is 1.12 bits per heavy atom. The number of halogens is 4. The summed E-state index contributed by atoms with van der Waals surface area (Å²) >= 11 is 0. The van der Waals surface area contributed by atoms with Crippen molar-refractivity contribution in [3.05, 3.63) is 53.9 Å². The zero-order chi connectivity index (χ0) is 23.6. The predicted molar refractivity (Wildman–Crippen MR) is 127 cm³/mol. The molecule has 0 unspecified atom stereocenters. The summed E-state index contributed by atoms with van der Waals surface area (Å²) in [6, 6.07) is 9.51. The van der Waals surface area contributed by atoms with Crippen molar-refractivity contribution in [1.29, 1.82) is 0 Å². The number of ether oxygens (including phenoxy) is 1. The molecule has 0 aliphatic carbocycles. The molecule has 7 nitrogen and oxygen atoms in total. The van der Waals surface area contributed by atoms with E-state index in [0.717, 1.165) is 22.5 Å². The van der Waals surface area contributed by atoms with Crippen LogP contribution < -0.4 is 20.3 Å². The van der Waals surface area contributed by atoms with Gasteiger partial charge in [-0.3, -0.25) is 4.98 Å². The van der Waals surface area contributed by atoms with Gasteiger partial charge in [0.15, 0.2) is 0 Å². The van der Waals surface area contributed by atoms with Gasteiger partial charge in [-0.25, -0.2) is 4.79 Å². The summed E-state index contributed by atoms with van der Waals surface area (Å²) in [5, 5.41) is 7.78. The predicted octanol–water partition coefficient (Wildman–Crippen LogP) is 5.18. The van der Waals surface area contributed by atoms with Gasteiger partial charge in [-0.05, 0) is 44.0 Å². The van der Waals surface area contributed by atoms with E-state index in [0.29, 0.717) is 37.4 Å². The van der Waals surface area contributed by atoms with Crippen molar-refractivity contribution in [2.24, 2.45) is 0 Å². The number of hydrogen-bond donors (Lipinski definition) is 2. The Balaban J connectivity index is 0.00000324. The van der Waals surface area contributed by atoms with Crippen LogP contribution in [0.25, 0.3) is 10.8 Å². The van der Waals surface area contributed by atoms with E-state index in [9.17, 15) is 18.0 Å². The highest BCUT2D eigenvalue weighted by Gasteiger charge is 2.35. The van der Waals surface area contributed by atoms with Gasteiger partial charge in [0.05, 0.1) is 12.8 Å². The molecule has 1 aromatic carbocycles. The third-order valence-electron chi connectivity index (χ3n) is 5.75. The summed E-state index contributed by atoms with van der Waals surface area (Å²) in [6.45, 7) is 3.01. The molecule has 1 aliphatic rings. The Morgan fingerprint density at radius 3 is 2.53 bits per heavy atom. The van der Waals surface area contributed by atoms with E-state index in [1.165, 1.54) is 13.2 Å². The molecule has 2 aromatic heterocycles. The summed E-state index contributed by atoms with van der Waals surface area (Å²) in [4.78, 5) is 22.8. The molecule has 11 heteroatoms. The number of anilines is 2. The largest absolute Gasteiger partial charge is 0.481 e. The standard InChI is InChI=1S/C23H24F3N5O2.ClH/c1-14-16-4-3-5-19(17(16)8-11-27-14)29-22(32)28-15-9-12-31(13-10-15)20-7-6-18(23(24,25)26)21(30-20)33-2;/h3-8,11,15H,9-10,12-13H2,1-2H3,(H2,28,29,32);1H. The lowest BCUT2D eigenvalue weighted by atomic mass is 10.1. The Kier molecular flexibility index (Phi) is 7.71. The lowest BCUT2D eigenvalue weighted by molar-refractivity contribution is -0.139. The van der Waals surface area contributed by atoms with Crippen molar-refractivity contribution in [1.82, 2.24) is 15.3 Å². The van der Waals surface area contributed by atoms with Crippen LogP contribution in [0.4, 0.5) is 29.5 Å². The first-order chi connectivity index (χ1) is 15.8. The summed E-state index contributed by atoms with van der Waals surface area (Å²) < 4.78 is 44.0. The molecule has 1 saturated heterocycles. The monoisotopic (exact) mass is 495 g/mol. The second-order valence-electron chi connectivity index (χ2n) is 7.88. The van der Waals surface area contributed by atoms with Crippen LogP contribution >= 0.6 is 12.4 Å². The summed E-state index contributed by atoms with van der Waals surface area (Å²) in [6.07, 6.45) is -1.55. The summed E-state index contributed by atoms with van der Waals surface area (Å²) in [5.74, 6) is -0.0253. The lowest BCUT2D eigenvalue weighted by Crippen LogP contribution is -2.46. The van der Waals surface area contributed by atoms with Gasteiger partial charge in [-0.1, -0.05) is 12.1 Å². The van der Waals surface area contributed by atoms with Crippen LogP contribution in [0.3, 0.4) is 0 Å². The van der Waals surface area contributed by atoms with Gasteiger partial charge in [0.25, 0.3) is 0 Å². The second kappa shape index (κ2) is 10.3. The van der Waals surface area contributed by atoms with Gasteiger partial charge in [-0.2, -0.15) is 18.2 Å². The number of urea groups is 1. The Hall–Kier alpha value is -3.27. The van der Waals surface area contributed by atoms with Gasteiger partial charge in [0.1, 0.15) is 11.4 Å². The molecule has 2 amide bonds. The van der Waals surface area contributed by atoms with E-state index >= 15 is 0 Å². The fraction of sp³-hybridized carbons (Fsp3) is 0.348. The number of pyridine rings is 2. The number of methoxy groups -OCH3 is 1. The Bertz CT molecular complexity index is 1170. The Morgan fingerprint density at radius 2 is 1.85 bits per heavy atom. The molecule has 3 aromatic rings. The second-order valence-corrected chi connectivity index (χ2v) is 7.88. The van der Waals surface area contributed by atoms with E-state index in [-0.39, 0.29) is 24.5 Å². The number of aromatic nitrogens is 2.